The van der Waals surface area contributed by atoms with E-state index in [4.69, 9.17) is 10.5 Å². The first-order valence-electron chi connectivity index (χ1n) is 5.53. The van der Waals surface area contributed by atoms with Gasteiger partial charge in [-0.05, 0) is 37.5 Å². The van der Waals surface area contributed by atoms with Crippen LogP contribution in [-0.2, 0) is 5.67 Å². The maximum Gasteiger partial charge on any atom is 0.151 e. The largest absolute Gasteiger partial charge is 0.496 e. The van der Waals surface area contributed by atoms with Crippen molar-refractivity contribution in [1.29, 1.82) is 0 Å². The molecular formula is C13H20FNO. The minimum absolute atomic E-state index is 0.0240. The SMILES string of the molecule is CCC(F)(CN)c1c(C)cc(C)cc1OC. The highest BCUT2D eigenvalue weighted by atomic mass is 19.1. The molecule has 0 aliphatic carbocycles. The molecule has 16 heavy (non-hydrogen) atoms. The summed E-state index contributed by atoms with van der Waals surface area (Å²) in [7, 11) is 1.56. The zero-order chi connectivity index (χ0) is 12.3. The molecule has 0 aliphatic heterocycles. The molecule has 0 bridgehead atoms. The minimum atomic E-state index is -1.50. The fraction of sp³-hybridized carbons (Fsp3) is 0.538. The molecule has 0 saturated carbocycles. The Morgan fingerprint density at radius 1 is 1.38 bits per heavy atom. The lowest BCUT2D eigenvalue weighted by Crippen LogP contribution is -2.31. The second-order valence-corrected chi connectivity index (χ2v) is 4.18. The van der Waals surface area contributed by atoms with Gasteiger partial charge in [-0.25, -0.2) is 4.39 Å². The van der Waals surface area contributed by atoms with Crippen LogP contribution >= 0.6 is 0 Å². The van der Waals surface area contributed by atoms with E-state index in [1.54, 1.807) is 14.0 Å². The summed E-state index contributed by atoms with van der Waals surface area (Å²) in [4.78, 5) is 0. The Bertz CT molecular complexity index is 372. The second-order valence-electron chi connectivity index (χ2n) is 4.18. The molecule has 0 amide bonds. The summed E-state index contributed by atoms with van der Waals surface area (Å²) in [6.07, 6.45) is 0.351. The Hall–Kier alpha value is -1.09. The van der Waals surface area contributed by atoms with Gasteiger partial charge < -0.3 is 10.5 Å². The molecule has 90 valence electrons. The molecule has 3 heteroatoms. The standard InChI is InChI=1S/C13H20FNO/c1-5-13(14,8-15)12-10(3)6-9(2)7-11(12)16-4/h6-7H,5,8,15H2,1-4H3. The first-order valence-corrected chi connectivity index (χ1v) is 5.53. The van der Waals surface area contributed by atoms with E-state index >= 15 is 0 Å². The summed E-state index contributed by atoms with van der Waals surface area (Å²) < 4.78 is 19.9. The lowest BCUT2D eigenvalue weighted by molar-refractivity contribution is 0.162. The Morgan fingerprint density at radius 2 is 2.00 bits per heavy atom. The van der Waals surface area contributed by atoms with Crippen LogP contribution < -0.4 is 10.5 Å². The summed E-state index contributed by atoms with van der Waals surface area (Å²) in [5.41, 5.74) is 6.60. The molecule has 0 radical (unpaired) electrons. The third kappa shape index (κ3) is 2.19. The van der Waals surface area contributed by atoms with Gasteiger partial charge in [-0.15, -0.1) is 0 Å². The van der Waals surface area contributed by atoms with Gasteiger partial charge in [-0.3, -0.25) is 0 Å². The van der Waals surface area contributed by atoms with E-state index in [1.807, 2.05) is 26.0 Å². The number of hydrogen-bond donors (Lipinski definition) is 1. The molecule has 0 aromatic heterocycles. The maximum atomic E-state index is 14.6. The van der Waals surface area contributed by atoms with Gasteiger partial charge in [0.25, 0.3) is 0 Å². The first kappa shape index (κ1) is 13.0. The smallest absolute Gasteiger partial charge is 0.151 e. The average Bonchev–Trinajstić information content (AvgIpc) is 2.27. The molecule has 1 atom stereocenters. The van der Waals surface area contributed by atoms with Crippen molar-refractivity contribution >= 4 is 0 Å². The number of alkyl halides is 1. The molecule has 0 saturated heterocycles. The van der Waals surface area contributed by atoms with Crippen LogP contribution in [-0.4, -0.2) is 13.7 Å². The Balaban J connectivity index is 3.41. The van der Waals surface area contributed by atoms with Gasteiger partial charge >= 0.3 is 0 Å². The van der Waals surface area contributed by atoms with Crippen molar-refractivity contribution in [2.24, 2.45) is 5.73 Å². The molecule has 2 N–H and O–H groups in total. The highest BCUT2D eigenvalue weighted by Gasteiger charge is 2.33. The number of nitrogens with two attached hydrogens (primary N) is 1. The van der Waals surface area contributed by atoms with Gasteiger partial charge in [-0.1, -0.05) is 13.0 Å². The van der Waals surface area contributed by atoms with Gasteiger partial charge in [0.15, 0.2) is 5.67 Å². The van der Waals surface area contributed by atoms with Crippen molar-refractivity contribution in [3.05, 3.63) is 28.8 Å². The van der Waals surface area contributed by atoms with Crippen LogP contribution in [0.25, 0.3) is 0 Å². The van der Waals surface area contributed by atoms with Crippen LogP contribution in [0.3, 0.4) is 0 Å². The second kappa shape index (κ2) is 4.83. The van der Waals surface area contributed by atoms with Crippen molar-refractivity contribution in [3.8, 4) is 5.75 Å². The number of ether oxygens (including phenoxy) is 1. The molecule has 1 unspecified atom stereocenters. The van der Waals surface area contributed by atoms with Crippen LogP contribution in [0.4, 0.5) is 4.39 Å². The topological polar surface area (TPSA) is 35.2 Å². The quantitative estimate of drug-likeness (QED) is 0.855. The number of hydrogen-bond acceptors (Lipinski definition) is 2. The lowest BCUT2D eigenvalue weighted by Gasteiger charge is -2.26. The first-order chi connectivity index (χ1) is 7.48. The highest BCUT2D eigenvalue weighted by molar-refractivity contribution is 5.46. The van der Waals surface area contributed by atoms with E-state index in [-0.39, 0.29) is 6.54 Å². The van der Waals surface area contributed by atoms with Gasteiger partial charge in [0, 0.05) is 12.1 Å². The summed E-state index contributed by atoms with van der Waals surface area (Å²) in [5, 5.41) is 0. The lowest BCUT2D eigenvalue weighted by atomic mass is 9.88. The zero-order valence-corrected chi connectivity index (χ0v) is 10.4. The summed E-state index contributed by atoms with van der Waals surface area (Å²) in [6.45, 7) is 5.63. The summed E-state index contributed by atoms with van der Waals surface area (Å²) in [6, 6.07) is 3.81. The van der Waals surface area contributed by atoms with Crippen LogP contribution in [0.5, 0.6) is 5.75 Å². The Kier molecular flexibility index (Phi) is 3.92. The molecule has 0 heterocycles. The summed E-state index contributed by atoms with van der Waals surface area (Å²) in [5.74, 6) is 0.590. The van der Waals surface area contributed by atoms with Gasteiger partial charge in [-0.2, -0.15) is 0 Å². The normalized spacial score (nSPS) is 14.6. The minimum Gasteiger partial charge on any atom is -0.496 e. The number of rotatable bonds is 4. The van der Waals surface area contributed by atoms with Crippen LogP contribution in [0, 0.1) is 13.8 Å². The van der Waals surface area contributed by atoms with Crippen LogP contribution in [0.15, 0.2) is 12.1 Å². The van der Waals surface area contributed by atoms with E-state index in [1.165, 1.54) is 0 Å². The number of benzene rings is 1. The fourth-order valence-electron chi connectivity index (χ4n) is 2.09. The van der Waals surface area contributed by atoms with E-state index in [0.717, 1.165) is 11.1 Å². The van der Waals surface area contributed by atoms with Crippen molar-refractivity contribution in [2.45, 2.75) is 32.9 Å². The molecule has 1 rings (SSSR count). The third-order valence-corrected chi connectivity index (χ3v) is 3.00. The highest BCUT2D eigenvalue weighted by Crippen LogP contribution is 2.38. The maximum absolute atomic E-state index is 14.6. The summed E-state index contributed by atoms with van der Waals surface area (Å²) >= 11 is 0. The van der Waals surface area contributed by atoms with E-state index in [0.29, 0.717) is 17.7 Å². The number of halogens is 1. The molecule has 0 fully saturated rings. The predicted molar refractivity (Wildman–Crippen MR) is 64.6 cm³/mol. The average molecular weight is 225 g/mol. The number of aryl methyl sites for hydroxylation is 2. The predicted octanol–water partition coefficient (Wildman–Crippen LogP) is 2.85. The number of methoxy groups -OCH3 is 1. The monoisotopic (exact) mass is 225 g/mol. The Morgan fingerprint density at radius 3 is 2.44 bits per heavy atom. The molecular weight excluding hydrogens is 205 g/mol. The van der Waals surface area contributed by atoms with E-state index < -0.39 is 5.67 Å². The fourth-order valence-corrected chi connectivity index (χ4v) is 2.09. The third-order valence-electron chi connectivity index (χ3n) is 3.00. The zero-order valence-electron chi connectivity index (χ0n) is 10.4. The molecule has 1 aromatic carbocycles. The van der Waals surface area contributed by atoms with Crippen LogP contribution in [0.2, 0.25) is 0 Å². The van der Waals surface area contributed by atoms with Gasteiger partial charge in [0.05, 0.1) is 7.11 Å². The molecule has 0 spiro atoms. The molecule has 0 aliphatic rings. The van der Waals surface area contributed by atoms with Crippen molar-refractivity contribution in [3.63, 3.8) is 0 Å². The molecule has 1 aromatic rings. The van der Waals surface area contributed by atoms with Crippen molar-refractivity contribution < 1.29 is 9.13 Å². The Labute approximate surface area is 96.6 Å². The van der Waals surface area contributed by atoms with Gasteiger partial charge in [0.1, 0.15) is 5.75 Å². The van der Waals surface area contributed by atoms with E-state index in [2.05, 4.69) is 0 Å². The molecule has 2 nitrogen and oxygen atoms in total. The van der Waals surface area contributed by atoms with Gasteiger partial charge in [0.2, 0.25) is 0 Å². The van der Waals surface area contributed by atoms with E-state index in [9.17, 15) is 4.39 Å². The van der Waals surface area contributed by atoms with Crippen LogP contribution in [0.1, 0.15) is 30.0 Å². The van der Waals surface area contributed by atoms with Crippen molar-refractivity contribution in [2.75, 3.05) is 13.7 Å². The van der Waals surface area contributed by atoms with Crippen molar-refractivity contribution in [1.82, 2.24) is 0 Å².